The summed E-state index contributed by atoms with van der Waals surface area (Å²) >= 11 is 0. The first kappa shape index (κ1) is 18.6. The molecule has 0 fully saturated rings. The van der Waals surface area contributed by atoms with Crippen molar-refractivity contribution in [3.05, 3.63) is 51.6 Å². The smallest absolute Gasteiger partial charge is 0.450 e. The molecule has 2 aromatic heterocycles. The third-order valence-electron chi connectivity index (χ3n) is 3.76. The van der Waals surface area contributed by atoms with Crippen molar-refractivity contribution in [2.75, 3.05) is 6.61 Å². The molecule has 1 aromatic carbocycles. The zero-order valence-electron chi connectivity index (χ0n) is 14.1. The second kappa shape index (κ2) is 6.49. The van der Waals surface area contributed by atoms with Crippen LogP contribution < -0.4 is 5.43 Å². The van der Waals surface area contributed by atoms with Gasteiger partial charge in [0.1, 0.15) is 22.7 Å². The number of aromatic hydroxyl groups is 1. The van der Waals surface area contributed by atoms with Gasteiger partial charge in [-0.2, -0.15) is 13.2 Å². The first-order chi connectivity index (χ1) is 12.6. The van der Waals surface area contributed by atoms with E-state index in [1.165, 1.54) is 13.0 Å². The first-order valence-corrected chi connectivity index (χ1v) is 7.78. The van der Waals surface area contributed by atoms with Crippen molar-refractivity contribution in [2.24, 2.45) is 0 Å². The average molecular weight is 382 g/mol. The highest BCUT2D eigenvalue weighted by Crippen LogP contribution is 2.38. The Bertz CT molecular complexity index is 1090. The third kappa shape index (κ3) is 3.27. The number of aryl methyl sites for hydroxylation is 1. The fourth-order valence-corrected chi connectivity index (χ4v) is 2.70. The SMILES string of the molecule is CCOC(=O)c1ccc(-c2c(C(F)(F)F)oc3cc(O)cc(C)c3c2=O)o1. The van der Waals surface area contributed by atoms with Gasteiger partial charge < -0.3 is 18.7 Å². The van der Waals surface area contributed by atoms with E-state index in [9.17, 15) is 27.9 Å². The molecule has 6 nitrogen and oxygen atoms in total. The number of furan rings is 1. The lowest BCUT2D eigenvalue weighted by Gasteiger charge is -2.12. The average Bonchev–Trinajstić information content (AvgIpc) is 3.02. The van der Waals surface area contributed by atoms with E-state index in [1.54, 1.807) is 6.92 Å². The Hall–Kier alpha value is -3.23. The second-order valence-corrected chi connectivity index (χ2v) is 5.65. The molecule has 0 aliphatic rings. The Kier molecular flexibility index (Phi) is 4.46. The number of alkyl halides is 3. The van der Waals surface area contributed by atoms with E-state index in [1.807, 2.05) is 0 Å². The summed E-state index contributed by atoms with van der Waals surface area (Å²) in [5, 5.41) is 9.45. The Morgan fingerprint density at radius 1 is 1.22 bits per heavy atom. The molecule has 142 valence electrons. The maximum Gasteiger partial charge on any atom is 0.450 e. The number of fused-ring (bicyclic) bond motifs is 1. The Morgan fingerprint density at radius 2 is 1.93 bits per heavy atom. The summed E-state index contributed by atoms with van der Waals surface area (Å²) in [5.74, 6) is -3.62. The van der Waals surface area contributed by atoms with Gasteiger partial charge >= 0.3 is 12.1 Å². The zero-order valence-corrected chi connectivity index (χ0v) is 14.1. The molecule has 0 atom stereocenters. The van der Waals surface area contributed by atoms with Crippen LogP contribution in [0.2, 0.25) is 0 Å². The molecule has 1 N–H and O–H groups in total. The summed E-state index contributed by atoms with van der Waals surface area (Å²) in [6, 6.07) is 4.33. The van der Waals surface area contributed by atoms with E-state index < -0.39 is 40.2 Å². The van der Waals surface area contributed by atoms with Gasteiger partial charge in [-0.05, 0) is 37.6 Å². The molecular formula is C18H13F3O6. The van der Waals surface area contributed by atoms with Crippen molar-refractivity contribution in [1.82, 2.24) is 0 Å². The molecular weight excluding hydrogens is 369 g/mol. The molecule has 0 aliphatic heterocycles. The lowest BCUT2D eigenvalue weighted by molar-refractivity contribution is -0.152. The fraction of sp³-hybridized carbons (Fsp3) is 0.222. The van der Waals surface area contributed by atoms with Gasteiger partial charge in [-0.1, -0.05) is 0 Å². The van der Waals surface area contributed by atoms with Crippen LogP contribution >= 0.6 is 0 Å². The van der Waals surface area contributed by atoms with Crippen molar-refractivity contribution in [2.45, 2.75) is 20.0 Å². The number of benzene rings is 1. The summed E-state index contributed by atoms with van der Waals surface area (Å²) in [4.78, 5) is 24.5. The van der Waals surface area contributed by atoms with Crippen LogP contribution in [0.1, 0.15) is 28.8 Å². The quantitative estimate of drug-likeness (QED) is 0.681. The highest BCUT2D eigenvalue weighted by atomic mass is 19.4. The predicted octanol–water partition coefficient (Wildman–Crippen LogP) is 4.26. The number of carbonyl (C=O) groups excluding carboxylic acids is 1. The van der Waals surface area contributed by atoms with Crippen molar-refractivity contribution in [1.29, 1.82) is 0 Å². The highest BCUT2D eigenvalue weighted by Gasteiger charge is 2.40. The van der Waals surface area contributed by atoms with Crippen molar-refractivity contribution in [3.8, 4) is 17.1 Å². The van der Waals surface area contributed by atoms with E-state index >= 15 is 0 Å². The molecule has 0 saturated carbocycles. The molecule has 0 amide bonds. The topological polar surface area (TPSA) is 89.9 Å². The lowest BCUT2D eigenvalue weighted by atomic mass is 10.0. The Labute approximate surface area is 149 Å². The molecule has 0 spiro atoms. The second-order valence-electron chi connectivity index (χ2n) is 5.65. The maximum atomic E-state index is 13.5. The standard InChI is InChI=1S/C18H13F3O6/c1-3-25-17(24)11-5-4-10(26-11)14-15(23)13-8(2)6-9(22)7-12(13)27-16(14)18(19,20)21/h4-7,22H,3H2,1-2H3. The Balaban J connectivity index is 2.33. The summed E-state index contributed by atoms with van der Waals surface area (Å²) in [5.41, 5.74) is -2.04. The summed E-state index contributed by atoms with van der Waals surface area (Å²) in [6.45, 7) is 3.05. The van der Waals surface area contributed by atoms with Gasteiger partial charge in [0.15, 0.2) is 0 Å². The van der Waals surface area contributed by atoms with Crippen LogP contribution in [0, 0.1) is 6.92 Å². The minimum absolute atomic E-state index is 0.0451. The van der Waals surface area contributed by atoms with Gasteiger partial charge in [-0.15, -0.1) is 0 Å². The largest absolute Gasteiger partial charge is 0.508 e. The fourth-order valence-electron chi connectivity index (χ4n) is 2.70. The summed E-state index contributed by atoms with van der Waals surface area (Å²) in [7, 11) is 0. The van der Waals surface area contributed by atoms with Crippen molar-refractivity contribution in [3.63, 3.8) is 0 Å². The van der Waals surface area contributed by atoms with Crippen LogP contribution in [0.25, 0.3) is 22.3 Å². The number of carbonyl (C=O) groups is 1. The van der Waals surface area contributed by atoms with Crippen LogP contribution in [-0.4, -0.2) is 17.7 Å². The first-order valence-electron chi connectivity index (χ1n) is 7.78. The van der Waals surface area contributed by atoms with Crippen LogP contribution in [0.4, 0.5) is 13.2 Å². The van der Waals surface area contributed by atoms with E-state index in [0.717, 1.165) is 18.2 Å². The minimum Gasteiger partial charge on any atom is -0.508 e. The number of ether oxygens (including phenoxy) is 1. The molecule has 0 radical (unpaired) electrons. The van der Waals surface area contributed by atoms with E-state index in [4.69, 9.17) is 13.6 Å². The van der Waals surface area contributed by atoms with Crippen molar-refractivity contribution < 1.29 is 36.6 Å². The predicted molar refractivity (Wildman–Crippen MR) is 87.5 cm³/mol. The van der Waals surface area contributed by atoms with E-state index in [-0.39, 0.29) is 29.1 Å². The van der Waals surface area contributed by atoms with Crippen LogP contribution in [0.15, 0.2) is 37.9 Å². The number of esters is 1. The van der Waals surface area contributed by atoms with Gasteiger partial charge in [0.2, 0.25) is 16.9 Å². The van der Waals surface area contributed by atoms with E-state index in [2.05, 4.69) is 0 Å². The maximum absolute atomic E-state index is 13.5. The summed E-state index contributed by atoms with van der Waals surface area (Å²) < 4.78 is 55.3. The molecule has 0 unspecified atom stereocenters. The number of rotatable bonds is 3. The number of phenols is 1. The molecule has 2 heterocycles. The van der Waals surface area contributed by atoms with Crippen LogP contribution in [-0.2, 0) is 10.9 Å². The van der Waals surface area contributed by atoms with Crippen molar-refractivity contribution >= 4 is 16.9 Å². The monoisotopic (exact) mass is 382 g/mol. The number of phenolic OH excluding ortho intramolecular Hbond substituents is 1. The molecule has 27 heavy (non-hydrogen) atoms. The highest BCUT2D eigenvalue weighted by molar-refractivity contribution is 5.89. The lowest BCUT2D eigenvalue weighted by Crippen LogP contribution is -2.16. The molecule has 0 bridgehead atoms. The van der Waals surface area contributed by atoms with E-state index in [0.29, 0.717) is 0 Å². The van der Waals surface area contributed by atoms with Gasteiger partial charge in [0.05, 0.1) is 12.0 Å². The van der Waals surface area contributed by atoms with Gasteiger partial charge in [0.25, 0.3) is 0 Å². The number of hydrogen-bond donors (Lipinski definition) is 1. The molecule has 3 aromatic rings. The number of halogens is 3. The normalized spacial score (nSPS) is 11.7. The molecule has 0 saturated heterocycles. The Morgan fingerprint density at radius 3 is 2.56 bits per heavy atom. The van der Waals surface area contributed by atoms with Crippen LogP contribution in [0.5, 0.6) is 5.75 Å². The zero-order chi connectivity index (χ0) is 19.9. The minimum atomic E-state index is -5.01. The van der Waals surface area contributed by atoms with Gasteiger partial charge in [0, 0.05) is 6.07 Å². The van der Waals surface area contributed by atoms with Crippen LogP contribution in [0.3, 0.4) is 0 Å². The third-order valence-corrected chi connectivity index (χ3v) is 3.76. The summed E-state index contributed by atoms with van der Waals surface area (Å²) in [6.07, 6.45) is -5.01. The molecule has 0 aliphatic carbocycles. The van der Waals surface area contributed by atoms with Gasteiger partial charge in [-0.3, -0.25) is 4.79 Å². The number of hydrogen-bond acceptors (Lipinski definition) is 6. The molecule has 9 heteroatoms. The molecule has 3 rings (SSSR count). The van der Waals surface area contributed by atoms with Gasteiger partial charge in [-0.25, -0.2) is 4.79 Å².